The van der Waals surface area contributed by atoms with Crippen molar-refractivity contribution in [2.45, 2.75) is 48.5 Å². The minimum Gasteiger partial charge on any atom is -0.466 e. The number of aliphatic hydroxyl groups excluding tert-OH is 1. The first kappa shape index (κ1) is 28.1. The Morgan fingerprint density at radius 2 is 1.00 bits per heavy atom. The van der Waals surface area contributed by atoms with Crippen molar-refractivity contribution in [3.8, 4) is 0 Å². The third-order valence-corrected chi connectivity index (χ3v) is 2.04. The first-order valence-electron chi connectivity index (χ1n) is 7.33. The van der Waals surface area contributed by atoms with Gasteiger partial charge in [0, 0.05) is 21.0 Å². The van der Waals surface area contributed by atoms with Crippen LogP contribution in [0.25, 0.3) is 0 Å². The molecule has 0 radical (unpaired) electrons. The molecule has 0 fully saturated rings. The highest BCUT2D eigenvalue weighted by molar-refractivity contribution is 5.66. The molecule has 0 bridgehead atoms. The average molecular weight is 309 g/mol. The zero-order chi connectivity index (χ0) is 17.7. The lowest BCUT2D eigenvalue weighted by Gasteiger charge is -2.13. The van der Waals surface area contributed by atoms with Crippen LogP contribution in [0.1, 0.15) is 48.5 Å². The van der Waals surface area contributed by atoms with Gasteiger partial charge in [-0.1, -0.05) is 20.8 Å². The van der Waals surface area contributed by atoms with Crippen LogP contribution >= 0.6 is 0 Å². The lowest BCUT2D eigenvalue weighted by molar-refractivity contribution is -0.141. The topological polar surface area (TPSA) is 76.1 Å². The van der Waals surface area contributed by atoms with Crippen molar-refractivity contribution in [3.63, 3.8) is 0 Å². The minimum atomic E-state index is -0.211. The molecule has 0 aromatic heterocycles. The van der Waals surface area contributed by atoms with Gasteiger partial charge in [0.15, 0.2) is 0 Å². The summed E-state index contributed by atoms with van der Waals surface area (Å²) in [7, 11) is 1.00. The largest absolute Gasteiger partial charge is 0.466 e. The second kappa shape index (κ2) is 27.2. The average Bonchev–Trinajstić information content (AvgIpc) is 2.44. The van der Waals surface area contributed by atoms with Crippen molar-refractivity contribution < 1.29 is 24.2 Å². The predicted octanol–water partition coefficient (Wildman–Crippen LogP) is 2.10. The number of ether oxygens (including phenoxy) is 2. The predicted molar refractivity (Wildman–Crippen MR) is 86.2 cm³/mol. The van der Waals surface area contributed by atoms with Gasteiger partial charge in [0.05, 0.1) is 13.2 Å². The van der Waals surface area contributed by atoms with Gasteiger partial charge in [-0.3, -0.25) is 9.59 Å². The SMILES string of the molecule is CCN(CC)CC.CCOC(C)=O.CCOC(C)=O.CO. The molecule has 130 valence electrons. The molecule has 1 N–H and O–H groups in total. The molecule has 0 saturated carbocycles. The highest BCUT2D eigenvalue weighted by atomic mass is 16.5. The summed E-state index contributed by atoms with van der Waals surface area (Å²) in [6.07, 6.45) is 0. The molecule has 6 heteroatoms. The normalized spacial score (nSPS) is 8.10. The van der Waals surface area contributed by atoms with Crippen LogP contribution < -0.4 is 0 Å². The monoisotopic (exact) mass is 309 g/mol. The summed E-state index contributed by atoms with van der Waals surface area (Å²) in [6, 6.07) is 0. The second-order valence-corrected chi connectivity index (χ2v) is 3.47. The Morgan fingerprint density at radius 3 is 1.00 bits per heavy atom. The number of carbonyl (C=O) groups is 2. The van der Waals surface area contributed by atoms with E-state index in [-0.39, 0.29) is 11.9 Å². The minimum absolute atomic E-state index is 0.211. The zero-order valence-corrected chi connectivity index (χ0v) is 15.1. The Hall–Kier alpha value is -1.14. The number of nitrogens with zero attached hydrogens (tertiary/aromatic N) is 1. The molecular formula is C15H35NO5. The number of rotatable bonds is 5. The number of esters is 2. The Bertz CT molecular complexity index is 185. The molecule has 0 aromatic rings. The number of hydrogen-bond donors (Lipinski definition) is 1. The molecule has 21 heavy (non-hydrogen) atoms. The Labute approximate surface area is 130 Å². The van der Waals surface area contributed by atoms with Gasteiger partial charge < -0.3 is 19.5 Å². The quantitative estimate of drug-likeness (QED) is 0.784. The molecule has 0 aromatic carbocycles. The van der Waals surface area contributed by atoms with E-state index >= 15 is 0 Å². The van der Waals surface area contributed by atoms with E-state index < -0.39 is 0 Å². The van der Waals surface area contributed by atoms with Crippen LogP contribution in [0, 0.1) is 0 Å². The standard InChI is InChI=1S/C6H15N.2C4H8O2.CH4O/c1-4-7(5-2)6-3;2*1-3-6-4(2)5;1-2/h4-6H2,1-3H3;2*3H2,1-2H3;2H,1H3. The molecule has 0 aliphatic rings. The first-order chi connectivity index (χ1) is 9.89. The van der Waals surface area contributed by atoms with Gasteiger partial charge >= 0.3 is 11.9 Å². The Kier molecular flexibility index (Phi) is 36.4. The van der Waals surface area contributed by atoms with Crippen molar-refractivity contribution in [2.24, 2.45) is 0 Å². The summed E-state index contributed by atoms with van der Waals surface area (Å²) in [4.78, 5) is 22.0. The fraction of sp³-hybridized carbons (Fsp3) is 0.867. The fourth-order valence-electron chi connectivity index (χ4n) is 1.08. The van der Waals surface area contributed by atoms with Crippen molar-refractivity contribution in [3.05, 3.63) is 0 Å². The van der Waals surface area contributed by atoms with Gasteiger partial charge in [-0.05, 0) is 33.5 Å². The summed E-state index contributed by atoms with van der Waals surface area (Å²) in [6.45, 7) is 17.4. The van der Waals surface area contributed by atoms with Crippen LogP contribution in [0.15, 0.2) is 0 Å². The highest BCUT2D eigenvalue weighted by Crippen LogP contribution is 1.81. The summed E-state index contributed by atoms with van der Waals surface area (Å²) < 4.78 is 8.81. The van der Waals surface area contributed by atoms with E-state index in [1.165, 1.54) is 33.5 Å². The van der Waals surface area contributed by atoms with Crippen molar-refractivity contribution in [2.75, 3.05) is 40.0 Å². The number of carbonyl (C=O) groups excluding carboxylic acids is 2. The van der Waals surface area contributed by atoms with Crippen LogP contribution in [0.5, 0.6) is 0 Å². The van der Waals surface area contributed by atoms with E-state index in [0.717, 1.165) is 7.11 Å². The molecule has 0 atom stereocenters. The number of aliphatic hydroxyl groups is 1. The maximum absolute atomic E-state index is 9.82. The maximum atomic E-state index is 9.82. The lowest BCUT2D eigenvalue weighted by atomic mass is 10.5. The molecule has 0 spiro atoms. The molecule has 0 heterocycles. The number of hydrogen-bond acceptors (Lipinski definition) is 6. The van der Waals surface area contributed by atoms with E-state index in [4.69, 9.17) is 5.11 Å². The Morgan fingerprint density at radius 1 is 0.762 bits per heavy atom. The molecule has 0 aliphatic heterocycles. The lowest BCUT2D eigenvalue weighted by Crippen LogP contribution is -2.21. The summed E-state index contributed by atoms with van der Waals surface area (Å²) in [5, 5.41) is 7.00. The molecule has 0 saturated heterocycles. The molecule has 0 aliphatic carbocycles. The summed E-state index contributed by atoms with van der Waals surface area (Å²) >= 11 is 0. The molecule has 0 amide bonds. The van der Waals surface area contributed by atoms with Gasteiger partial charge in [0.25, 0.3) is 0 Å². The highest BCUT2D eigenvalue weighted by Gasteiger charge is 1.89. The third-order valence-electron chi connectivity index (χ3n) is 2.04. The van der Waals surface area contributed by atoms with Gasteiger partial charge in [0.1, 0.15) is 0 Å². The molecule has 6 nitrogen and oxygen atoms in total. The first-order valence-corrected chi connectivity index (χ1v) is 7.33. The van der Waals surface area contributed by atoms with E-state index in [9.17, 15) is 9.59 Å². The van der Waals surface area contributed by atoms with Crippen LogP contribution in [-0.4, -0.2) is 61.9 Å². The molecule has 0 unspecified atom stereocenters. The van der Waals surface area contributed by atoms with E-state index in [1.807, 2.05) is 0 Å². The van der Waals surface area contributed by atoms with Gasteiger partial charge in [-0.15, -0.1) is 0 Å². The third kappa shape index (κ3) is 45.5. The van der Waals surface area contributed by atoms with E-state index in [0.29, 0.717) is 13.2 Å². The van der Waals surface area contributed by atoms with E-state index in [2.05, 4.69) is 35.1 Å². The van der Waals surface area contributed by atoms with E-state index in [1.54, 1.807) is 13.8 Å². The smallest absolute Gasteiger partial charge is 0.302 e. The Balaban J connectivity index is -0.0000000976. The maximum Gasteiger partial charge on any atom is 0.302 e. The zero-order valence-electron chi connectivity index (χ0n) is 15.1. The van der Waals surface area contributed by atoms with Crippen LogP contribution in [0.2, 0.25) is 0 Å². The summed E-state index contributed by atoms with van der Waals surface area (Å²) in [5.41, 5.74) is 0. The van der Waals surface area contributed by atoms with Gasteiger partial charge in [-0.25, -0.2) is 0 Å². The van der Waals surface area contributed by atoms with Gasteiger partial charge in [0.2, 0.25) is 0 Å². The van der Waals surface area contributed by atoms with Crippen molar-refractivity contribution in [1.82, 2.24) is 4.90 Å². The molecular weight excluding hydrogens is 274 g/mol. The van der Waals surface area contributed by atoms with Crippen LogP contribution in [-0.2, 0) is 19.1 Å². The summed E-state index contributed by atoms with van der Waals surface area (Å²) in [5.74, 6) is -0.421. The van der Waals surface area contributed by atoms with Gasteiger partial charge in [-0.2, -0.15) is 0 Å². The van der Waals surface area contributed by atoms with Crippen LogP contribution in [0.3, 0.4) is 0 Å². The second-order valence-electron chi connectivity index (χ2n) is 3.47. The molecule has 0 rings (SSSR count). The van der Waals surface area contributed by atoms with Crippen LogP contribution in [0.4, 0.5) is 0 Å². The van der Waals surface area contributed by atoms with Crippen molar-refractivity contribution in [1.29, 1.82) is 0 Å². The van der Waals surface area contributed by atoms with Crippen molar-refractivity contribution >= 4 is 11.9 Å². The fourth-order valence-corrected chi connectivity index (χ4v) is 1.08.